The topological polar surface area (TPSA) is 76.6 Å². The van der Waals surface area contributed by atoms with Crippen molar-refractivity contribution in [1.29, 1.82) is 0 Å². The molecule has 1 fully saturated rings. The van der Waals surface area contributed by atoms with Gasteiger partial charge in [0.05, 0.1) is 20.1 Å². The lowest BCUT2D eigenvalue weighted by Crippen LogP contribution is -2.41. The molecule has 8 heteroatoms. The van der Waals surface area contributed by atoms with Crippen molar-refractivity contribution in [3.05, 3.63) is 60.5 Å². The van der Waals surface area contributed by atoms with Crippen molar-refractivity contribution >= 4 is 17.4 Å². The lowest BCUT2D eigenvalue weighted by molar-refractivity contribution is -0.120. The zero-order chi connectivity index (χ0) is 22.5. The second-order valence-corrected chi connectivity index (χ2v) is 7.62. The summed E-state index contributed by atoms with van der Waals surface area (Å²) in [6.45, 7) is 1.35. The van der Waals surface area contributed by atoms with E-state index in [4.69, 9.17) is 9.47 Å². The number of nitrogens with zero attached hydrogens (tertiary/aromatic N) is 3. The number of aromatic nitrogens is 2. The maximum Gasteiger partial charge on any atom is 0.229 e. The van der Waals surface area contributed by atoms with Gasteiger partial charge in [-0.15, -0.1) is 0 Å². The Kier molecular flexibility index (Phi) is 6.49. The first-order valence-corrected chi connectivity index (χ1v) is 10.4. The van der Waals surface area contributed by atoms with Crippen molar-refractivity contribution in [2.45, 2.75) is 12.8 Å². The summed E-state index contributed by atoms with van der Waals surface area (Å²) in [5.74, 6) is 1.95. The lowest BCUT2D eigenvalue weighted by atomic mass is 9.97. The Labute approximate surface area is 186 Å². The largest absolute Gasteiger partial charge is 0.497 e. The van der Waals surface area contributed by atoms with Crippen LogP contribution < -0.4 is 19.7 Å². The first kappa shape index (κ1) is 21.5. The summed E-state index contributed by atoms with van der Waals surface area (Å²) < 4.78 is 23.8. The van der Waals surface area contributed by atoms with Crippen molar-refractivity contribution < 1.29 is 18.7 Å². The third kappa shape index (κ3) is 4.96. The molecule has 0 radical (unpaired) electrons. The van der Waals surface area contributed by atoms with Crippen LogP contribution >= 0.6 is 0 Å². The number of rotatable bonds is 6. The number of hydrogen-bond acceptors (Lipinski definition) is 6. The van der Waals surface area contributed by atoms with Gasteiger partial charge in [-0.3, -0.25) is 4.79 Å². The van der Waals surface area contributed by atoms with E-state index in [0.717, 1.165) is 30.8 Å². The summed E-state index contributed by atoms with van der Waals surface area (Å²) in [7, 11) is 3.14. The number of nitrogens with one attached hydrogen (secondary N) is 1. The number of benzene rings is 2. The molecular formula is C24H25FN4O3. The van der Waals surface area contributed by atoms with Gasteiger partial charge in [0.15, 0.2) is 5.82 Å². The second-order valence-electron chi connectivity index (χ2n) is 7.62. The molecule has 1 saturated heterocycles. The Morgan fingerprint density at radius 1 is 1.09 bits per heavy atom. The van der Waals surface area contributed by atoms with E-state index in [2.05, 4.69) is 20.2 Å². The van der Waals surface area contributed by atoms with Gasteiger partial charge in [-0.25, -0.2) is 14.4 Å². The fourth-order valence-corrected chi connectivity index (χ4v) is 3.79. The van der Waals surface area contributed by atoms with Crippen LogP contribution in [0, 0.1) is 11.7 Å². The molecule has 1 N–H and O–H groups in total. The minimum atomic E-state index is -0.302. The van der Waals surface area contributed by atoms with Crippen LogP contribution in [0.15, 0.2) is 54.7 Å². The number of anilines is 2. The van der Waals surface area contributed by atoms with Gasteiger partial charge in [0.1, 0.15) is 23.1 Å². The van der Waals surface area contributed by atoms with Crippen LogP contribution in [0.2, 0.25) is 0 Å². The molecule has 1 aromatic heterocycles. The number of ether oxygens (including phenoxy) is 2. The summed E-state index contributed by atoms with van der Waals surface area (Å²) in [4.78, 5) is 24.0. The van der Waals surface area contributed by atoms with Gasteiger partial charge in [-0.2, -0.15) is 0 Å². The maximum atomic E-state index is 13.2. The van der Waals surface area contributed by atoms with Crippen molar-refractivity contribution in [1.82, 2.24) is 9.97 Å². The number of carbonyl (C=O) groups excluding carboxylic acids is 1. The molecular weight excluding hydrogens is 411 g/mol. The molecule has 3 aromatic rings. The summed E-state index contributed by atoms with van der Waals surface area (Å²) >= 11 is 0. The Bertz CT molecular complexity index is 1070. The first-order chi connectivity index (χ1) is 15.6. The smallest absolute Gasteiger partial charge is 0.229 e. The predicted octanol–water partition coefficient (Wildman–Crippen LogP) is 4.16. The SMILES string of the molecule is COc1cc(NC(=O)C2CCCN(c3ccnc(-c4ccc(F)cc4)n3)C2)cc(OC)c1. The van der Waals surface area contributed by atoms with Crippen LogP contribution in [0.4, 0.5) is 15.9 Å². The Morgan fingerprint density at radius 3 is 2.50 bits per heavy atom. The first-order valence-electron chi connectivity index (χ1n) is 10.4. The molecule has 1 amide bonds. The van der Waals surface area contributed by atoms with Crippen LogP contribution in [0.3, 0.4) is 0 Å². The van der Waals surface area contributed by atoms with Crippen molar-refractivity contribution in [3.8, 4) is 22.9 Å². The monoisotopic (exact) mass is 436 g/mol. The van der Waals surface area contributed by atoms with E-state index >= 15 is 0 Å². The molecule has 1 unspecified atom stereocenters. The van der Waals surface area contributed by atoms with Crippen LogP contribution in [0.5, 0.6) is 11.5 Å². The van der Waals surface area contributed by atoms with Gasteiger partial charge >= 0.3 is 0 Å². The van der Waals surface area contributed by atoms with Gasteiger partial charge < -0.3 is 19.7 Å². The molecule has 4 rings (SSSR count). The molecule has 2 heterocycles. The van der Waals surface area contributed by atoms with Crippen LogP contribution in [0.25, 0.3) is 11.4 Å². The highest BCUT2D eigenvalue weighted by atomic mass is 19.1. The van der Waals surface area contributed by atoms with E-state index in [9.17, 15) is 9.18 Å². The number of halogens is 1. The molecule has 0 spiro atoms. The average molecular weight is 436 g/mol. The van der Waals surface area contributed by atoms with Gasteiger partial charge in [-0.1, -0.05) is 0 Å². The number of amides is 1. The third-order valence-corrected chi connectivity index (χ3v) is 5.48. The van der Waals surface area contributed by atoms with E-state index in [0.29, 0.717) is 29.6 Å². The van der Waals surface area contributed by atoms with E-state index in [-0.39, 0.29) is 17.6 Å². The number of hydrogen-bond donors (Lipinski definition) is 1. The van der Waals surface area contributed by atoms with E-state index in [1.54, 1.807) is 50.7 Å². The highest BCUT2D eigenvalue weighted by Gasteiger charge is 2.27. The predicted molar refractivity (Wildman–Crippen MR) is 121 cm³/mol. The molecule has 1 atom stereocenters. The fourth-order valence-electron chi connectivity index (χ4n) is 3.79. The number of carbonyl (C=O) groups is 1. The Morgan fingerprint density at radius 2 is 1.81 bits per heavy atom. The van der Waals surface area contributed by atoms with Crippen LogP contribution in [-0.4, -0.2) is 43.2 Å². The normalized spacial score (nSPS) is 15.8. The van der Waals surface area contributed by atoms with Gasteiger partial charge in [0, 0.05) is 48.7 Å². The van der Waals surface area contributed by atoms with Gasteiger partial charge in [0.25, 0.3) is 0 Å². The zero-order valence-corrected chi connectivity index (χ0v) is 18.0. The Balaban J connectivity index is 1.47. The average Bonchev–Trinajstić information content (AvgIpc) is 2.84. The van der Waals surface area contributed by atoms with Crippen molar-refractivity contribution in [2.24, 2.45) is 5.92 Å². The standard InChI is InChI=1S/C24H25FN4O3/c1-31-20-12-19(13-21(14-20)32-2)27-24(30)17-4-3-11-29(15-17)22-9-10-26-23(28-22)16-5-7-18(25)8-6-16/h5-10,12-14,17H,3-4,11,15H2,1-2H3,(H,27,30). The molecule has 0 aliphatic carbocycles. The minimum absolute atomic E-state index is 0.0576. The van der Waals surface area contributed by atoms with E-state index in [1.807, 2.05) is 6.07 Å². The fraction of sp³-hybridized carbons (Fsp3) is 0.292. The molecule has 166 valence electrons. The van der Waals surface area contributed by atoms with Crippen LogP contribution in [0.1, 0.15) is 12.8 Å². The summed E-state index contributed by atoms with van der Waals surface area (Å²) in [5, 5.41) is 2.98. The highest BCUT2D eigenvalue weighted by Crippen LogP contribution is 2.28. The second kappa shape index (κ2) is 9.64. The zero-order valence-electron chi connectivity index (χ0n) is 18.0. The summed E-state index contributed by atoms with van der Waals surface area (Å²) in [5.41, 5.74) is 1.37. The minimum Gasteiger partial charge on any atom is -0.497 e. The van der Waals surface area contributed by atoms with E-state index < -0.39 is 0 Å². The molecule has 1 aliphatic rings. The molecule has 1 aliphatic heterocycles. The van der Waals surface area contributed by atoms with Crippen molar-refractivity contribution in [2.75, 3.05) is 37.5 Å². The molecule has 2 aromatic carbocycles. The van der Waals surface area contributed by atoms with Gasteiger partial charge in [-0.05, 0) is 43.2 Å². The molecule has 0 bridgehead atoms. The van der Waals surface area contributed by atoms with Gasteiger partial charge in [0.2, 0.25) is 5.91 Å². The lowest BCUT2D eigenvalue weighted by Gasteiger charge is -2.33. The maximum absolute atomic E-state index is 13.2. The highest BCUT2D eigenvalue weighted by molar-refractivity contribution is 5.93. The number of piperidine rings is 1. The quantitative estimate of drug-likeness (QED) is 0.626. The molecule has 32 heavy (non-hydrogen) atoms. The molecule has 7 nitrogen and oxygen atoms in total. The third-order valence-electron chi connectivity index (χ3n) is 5.48. The number of methoxy groups -OCH3 is 2. The van der Waals surface area contributed by atoms with Crippen LogP contribution in [-0.2, 0) is 4.79 Å². The molecule has 0 saturated carbocycles. The van der Waals surface area contributed by atoms with E-state index in [1.165, 1.54) is 12.1 Å². The summed E-state index contributed by atoms with van der Waals surface area (Å²) in [6, 6.07) is 13.2. The summed E-state index contributed by atoms with van der Waals surface area (Å²) in [6.07, 6.45) is 3.35. The Hall–Kier alpha value is -3.68. The van der Waals surface area contributed by atoms with Crippen molar-refractivity contribution in [3.63, 3.8) is 0 Å².